The number of carbonyl (C=O) groups is 1. The molecule has 1 aromatic carbocycles. The predicted molar refractivity (Wildman–Crippen MR) is 125 cm³/mol. The minimum absolute atomic E-state index is 0. The van der Waals surface area contributed by atoms with Crippen LogP contribution in [0.3, 0.4) is 0 Å². The van der Waals surface area contributed by atoms with Crippen LogP contribution in [-0.4, -0.2) is 48.3 Å². The lowest BCUT2D eigenvalue weighted by molar-refractivity contribution is -0.147. The van der Waals surface area contributed by atoms with E-state index in [9.17, 15) is 9.90 Å². The largest absolute Gasteiger partial charge is 0.485 e. The maximum atomic E-state index is 11.3. The summed E-state index contributed by atoms with van der Waals surface area (Å²) in [5.41, 5.74) is 7.26. The molecule has 8 heteroatoms. The molecule has 6 nitrogen and oxygen atoms in total. The van der Waals surface area contributed by atoms with E-state index in [4.69, 9.17) is 26.8 Å². The molecular weight excluding hydrogens is 439 g/mol. The number of carboxylic acid groups (broad SMARTS) is 1. The van der Waals surface area contributed by atoms with E-state index < -0.39 is 12.1 Å². The Balaban J connectivity index is 0.00000272. The number of aliphatic carboxylic acids is 1. The zero-order valence-corrected chi connectivity index (χ0v) is 19.6. The molecule has 0 spiro atoms. The number of rotatable bonds is 6. The molecule has 3 aliphatic rings. The van der Waals surface area contributed by atoms with Crippen molar-refractivity contribution in [2.45, 2.75) is 63.9 Å². The minimum Gasteiger partial charge on any atom is -0.485 e. The first-order chi connectivity index (χ1) is 14.5. The number of nitrogens with zero attached hydrogens (tertiary/aromatic N) is 1. The summed E-state index contributed by atoms with van der Waals surface area (Å²) >= 11 is 6.32. The lowest BCUT2D eigenvalue weighted by Gasteiger charge is -2.34. The van der Waals surface area contributed by atoms with Crippen LogP contribution in [-0.2, 0) is 11.2 Å². The highest BCUT2D eigenvalue weighted by molar-refractivity contribution is 6.33. The number of fused-ring (bicyclic) bond motifs is 1. The lowest BCUT2D eigenvalue weighted by Crippen LogP contribution is -2.37. The fourth-order valence-corrected chi connectivity index (χ4v) is 5.34. The SMILES string of the molecule is Cl.Nc1c(Cl)cc(CC2CCN(CCC3CCCCC3)CC2)c2c1OC(C(=O)O)CO2. The quantitative estimate of drug-likeness (QED) is 0.578. The number of ether oxygens (including phenoxy) is 2. The summed E-state index contributed by atoms with van der Waals surface area (Å²) in [5, 5.41) is 9.61. The number of likely N-dealkylation sites (tertiary alicyclic amines) is 1. The van der Waals surface area contributed by atoms with Gasteiger partial charge >= 0.3 is 5.97 Å². The molecule has 2 aliphatic heterocycles. The standard InChI is InChI=1S/C23H33ClN2O4.ClH/c24-18-13-17(21-22(20(18)25)30-19(14-29-21)23(27)28)12-16-7-10-26(11-8-16)9-6-15-4-2-1-3-5-15;/h13,15-16,19H,1-12,14,25H2,(H,27,28);1H. The maximum Gasteiger partial charge on any atom is 0.348 e. The van der Waals surface area contributed by atoms with Crippen molar-refractivity contribution >= 4 is 35.7 Å². The number of hydrogen-bond acceptors (Lipinski definition) is 5. The third kappa shape index (κ3) is 5.91. The highest BCUT2D eigenvalue weighted by atomic mass is 35.5. The Kier molecular flexibility index (Phi) is 8.59. The van der Waals surface area contributed by atoms with Gasteiger partial charge in [-0.3, -0.25) is 0 Å². The van der Waals surface area contributed by atoms with E-state index in [-0.39, 0.29) is 30.5 Å². The van der Waals surface area contributed by atoms with Crippen molar-refractivity contribution in [1.82, 2.24) is 4.90 Å². The Morgan fingerprint density at radius 2 is 1.84 bits per heavy atom. The number of benzene rings is 1. The van der Waals surface area contributed by atoms with Gasteiger partial charge in [-0.2, -0.15) is 0 Å². The number of nitrogen functional groups attached to an aromatic ring is 1. The summed E-state index contributed by atoms with van der Waals surface area (Å²) in [5.74, 6) is 1.27. The van der Waals surface area contributed by atoms with Crippen LogP contribution >= 0.6 is 24.0 Å². The van der Waals surface area contributed by atoms with E-state index in [1.54, 1.807) is 0 Å². The Morgan fingerprint density at radius 3 is 2.52 bits per heavy atom. The molecule has 1 saturated carbocycles. The van der Waals surface area contributed by atoms with Crippen LogP contribution in [0.25, 0.3) is 0 Å². The molecule has 1 aliphatic carbocycles. The summed E-state index contributed by atoms with van der Waals surface area (Å²) in [6, 6.07) is 1.86. The molecule has 1 aromatic rings. The number of nitrogens with two attached hydrogens (primary N) is 1. The fourth-order valence-electron chi connectivity index (χ4n) is 5.12. The van der Waals surface area contributed by atoms with E-state index in [2.05, 4.69) is 4.90 Å². The normalized spacial score (nSPS) is 22.7. The van der Waals surface area contributed by atoms with Crippen LogP contribution in [0.5, 0.6) is 11.5 Å². The van der Waals surface area contributed by atoms with Crippen molar-refractivity contribution in [3.05, 3.63) is 16.7 Å². The van der Waals surface area contributed by atoms with Gasteiger partial charge in [-0.25, -0.2) is 4.79 Å². The molecular formula is C23H34Cl2N2O4. The van der Waals surface area contributed by atoms with Crippen molar-refractivity contribution in [3.63, 3.8) is 0 Å². The lowest BCUT2D eigenvalue weighted by atomic mass is 9.86. The summed E-state index contributed by atoms with van der Waals surface area (Å²) in [4.78, 5) is 13.9. The second-order valence-electron chi connectivity index (χ2n) is 9.13. The van der Waals surface area contributed by atoms with Gasteiger partial charge in [0, 0.05) is 0 Å². The average molecular weight is 473 g/mol. The van der Waals surface area contributed by atoms with Crippen LogP contribution < -0.4 is 15.2 Å². The first kappa shape index (κ1) is 24.3. The molecule has 0 amide bonds. The van der Waals surface area contributed by atoms with Crippen LogP contribution in [0, 0.1) is 11.8 Å². The van der Waals surface area contributed by atoms with Gasteiger partial charge in [0.2, 0.25) is 6.10 Å². The first-order valence-corrected chi connectivity index (χ1v) is 11.7. The van der Waals surface area contributed by atoms with Crippen LogP contribution in [0.1, 0.15) is 56.9 Å². The zero-order valence-electron chi connectivity index (χ0n) is 18.0. The molecule has 3 N–H and O–H groups in total. The highest BCUT2D eigenvalue weighted by Gasteiger charge is 2.32. The molecule has 0 aromatic heterocycles. The van der Waals surface area contributed by atoms with Crippen LogP contribution in [0.15, 0.2) is 6.07 Å². The molecule has 1 unspecified atom stereocenters. The fraction of sp³-hybridized carbons (Fsp3) is 0.696. The summed E-state index contributed by atoms with van der Waals surface area (Å²) in [6.45, 7) is 3.49. The molecule has 0 radical (unpaired) electrons. The van der Waals surface area contributed by atoms with Crippen molar-refractivity contribution < 1.29 is 19.4 Å². The van der Waals surface area contributed by atoms with Crippen LogP contribution in [0.4, 0.5) is 5.69 Å². The number of halogens is 2. The van der Waals surface area contributed by atoms with Gasteiger partial charge in [0.15, 0.2) is 11.5 Å². The van der Waals surface area contributed by atoms with Gasteiger partial charge in [0.05, 0.1) is 10.7 Å². The van der Waals surface area contributed by atoms with Crippen molar-refractivity contribution in [1.29, 1.82) is 0 Å². The third-order valence-electron chi connectivity index (χ3n) is 7.01. The average Bonchev–Trinajstić information content (AvgIpc) is 2.77. The van der Waals surface area contributed by atoms with Crippen molar-refractivity contribution in [3.8, 4) is 11.5 Å². The van der Waals surface area contributed by atoms with Crippen molar-refractivity contribution in [2.24, 2.45) is 11.8 Å². The van der Waals surface area contributed by atoms with Gasteiger partial charge in [0.25, 0.3) is 0 Å². The Bertz CT molecular complexity index is 762. The van der Waals surface area contributed by atoms with E-state index in [0.29, 0.717) is 16.7 Å². The predicted octanol–water partition coefficient (Wildman–Crippen LogP) is 4.79. The number of piperidine rings is 1. The second kappa shape index (κ2) is 11.0. The van der Waals surface area contributed by atoms with E-state index in [1.807, 2.05) is 6.07 Å². The molecule has 2 heterocycles. The summed E-state index contributed by atoms with van der Waals surface area (Å²) in [6.07, 6.45) is 10.5. The summed E-state index contributed by atoms with van der Waals surface area (Å²) < 4.78 is 11.4. The minimum atomic E-state index is -1.07. The topological polar surface area (TPSA) is 85.0 Å². The second-order valence-corrected chi connectivity index (χ2v) is 9.53. The number of anilines is 1. The smallest absolute Gasteiger partial charge is 0.348 e. The molecule has 4 rings (SSSR count). The van der Waals surface area contributed by atoms with E-state index in [1.165, 1.54) is 45.1 Å². The Morgan fingerprint density at radius 1 is 1.13 bits per heavy atom. The number of hydrogen-bond donors (Lipinski definition) is 2. The Hall–Kier alpha value is -1.37. The molecule has 1 atom stereocenters. The van der Waals surface area contributed by atoms with Gasteiger partial charge in [-0.15, -0.1) is 12.4 Å². The van der Waals surface area contributed by atoms with Gasteiger partial charge in [-0.1, -0.05) is 43.7 Å². The molecule has 2 fully saturated rings. The van der Waals surface area contributed by atoms with Crippen LogP contribution in [0.2, 0.25) is 5.02 Å². The van der Waals surface area contributed by atoms with Gasteiger partial charge < -0.3 is 25.2 Å². The molecule has 174 valence electrons. The van der Waals surface area contributed by atoms with Gasteiger partial charge in [-0.05, 0) is 68.8 Å². The van der Waals surface area contributed by atoms with Gasteiger partial charge in [0.1, 0.15) is 6.61 Å². The Labute approximate surface area is 195 Å². The summed E-state index contributed by atoms with van der Waals surface area (Å²) in [7, 11) is 0. The van der Waals surface area contributed by atoms with Crippen molar-refractivity contribution in [2.75, 3.05) is 32.0 Å². The monoisotopic (exact) mass is 472 g/mol. The molecule has 31 heavy (non-hydrogen) atoms. The maximum absolute atomic E-state index is 11.3. The van der Waals surface area contributed by atoms with E-state index in [0.717, 1.165) is 43.8 Å². The zero-order chi connectivity index (χ0) is 21.1. The number of carboxylic acids is 1. The van der Waals surface area contributed by atoms with E-state index >= 15 is 0 Å². The third-order valence-corrected chi connectivity index (χ3v) is 7.32. The molecule has 0 bridgehead atoms. The first-order valence-electron chi connectivity index (χ1n) is 11.4. The molecule has 1 saturated heterocycles. The highest BCUT2D eigenvalue weighted by Crippen LogP contribution is 2.45.